The Bertz CT molecular complexity index is 786. The van der Waals surface area contributed by atoms with Crippen molar-refractivity contribution in [3.63, 3.8) is 0 Å². The SMILES string of the molecule is CN1CCN(c2nc3c4c(n2)N(Cc2ccccc2)CCC4NN3)CC1. The molecule has 3 aliphatic heterocycles. The summed E-state index contributed by atoms with van der Waals surface area (Å²) in [7, 11) is 2.17. The van der Waals surface area contributed by atoms with Gasteiger partial charge in [0.15, 0.2) is 5.82 Å². The van der Waals surface area contributed by atoms with E-state index >= 15 is 0 Å². The van der Waals surface area contributed by atoms with Crippen molar-refractivity contribution in [2.24, 2.45) is 0 Å². The Hall–Kier alpha value is -2.38. The zero-order valence-electron chi connectivity index (χ0n) is 15.1. The molecule has 2 N–H and O–H groups in total. The van der Waals surface area contributed by atoms with E-state index < -0.39 is 0 Å². The van der Waals surface area contributed by atoms with Crippen molar-refractivity contribution in [2.45, 2.75) is 19.0 Å². The Balaban J connectivity index is 1.49. The molecule has 2 aromatic rings. The first kappa shape index (κ1) is 15.8. The third-order valence-electron chi connectivity index (χ3n) is 5.62. The molecule has 1 saturated heterocycles. The highest BCUT2D eigenvalue weighted by Crippen LogP contribution is 2.41. The number of piperazine rings is 1. The number of hydrogen-bond donors (Lipinski definition) is 2. The number of aromatic nitrogens is 2. The number of rotatable bonds is 3. The molecule has 7 heteroatoms. The number of hydrazine groups is 1. The topological polar surface area (TPSA) is 59.6 Å². The minimum absolute atomic E-state index is 0.313. The summed E-state index contributed by atoms with van der Waals surface area (Å²) < 4.78 is 0. The van der Waals surface area contributed by atoms with Gasteiger partial charge in [-0.2, -0.15) is 9.97 Å². The summed E-state index contributed by atoms with van der Waals surface area (Å²) in [5.41, 5.74) is 9.21. The summed E-state index contributed by atoms with van der Waals surface area (Å²) >= 11 is 0. The van der Waals surface area contributed by atoms with Crippen LogP contribution in [0, 0.1) is 0 Å². The molecule has 3 aliphatic rings. The first-order chi connectivity index (χ1) is 12.8. The van der Waals surface area contributed by atoms with Crippen molar-refractivity contribution in [1.82, 2.24) is 20.3 Å². The molecule has 0 aliphatic carbocycles. The molecule has 5 rings (SSSR count). The van der Waals surface area contributed by atoms with E-state index in [1.807, 2.05) is 0 Å². The van der Waals surface area contributed by atoms with Gasteiger partial charge in [0.1, 0.15) is 5.82 Å². The monoisotopic (exact) mass is 351 g/mol. The molecule has 1 aromatic carbocycles. The molecule has 0 amide bonds. The Morgan fingerprint density at radius 3 is 2.65 bits per heavy atom. The first-order valence-corrected chi connectivity index (χ1v) is 9.44. The van der Waals surface area contributed by atoms with Crippen LogP contribution in [0.1, 0.15) is 23.6 Å². The van der Waals surface area contributed by atoms with Crippen molar-refractivity contribution < 1.29 is 0 Å². The van der Waals surface area contributed by atoms with Crippen LogP contribution >= 0.6 is 0 Å². The van der Waals surface area contributed by atoms with Gasteiger partial charge in [-0.3, -0.25) is 0 Å². The van der Waals surface area contributed by atoms with Crippen LogP contribution in [0.4, 0.5) is 17.6 Å². The van der Waals surface area contributed by atoms with E-state index in [1.165, 1.54) is 11.1 Å². The number of nitrogens with zero attached hydrogens (tertiary/aromatic N) is 5. The van der Waals surface area contributed by atoms with Gasteiger partial charge in [-0.05, 0) is 19.0 Å². The van der Waals surface area contributed by atoms with Gasteiger partial charge < -0.3 is 20.1 Å². The Kier molecular flexibility index (Phi) is 3.90. The molecule has 0 spiro atoms. The van der Waals surface area contributed by atoms with E-state index in [0.717, 1.165) is 63.3 Å². The van der Waals surface area contributed by atoms with Crippen LogP contribution in [0.15, 0.2) is 30.3 Å². The normalized spacial score (nSPS) is 22.3. The lowest BCUT2D eigenvalue weighted by atomic mass is 10.0. The Morgan fingerprint density at radius 2 is 1.85 bits per heavy atom. The molecule has 4 heterocycles. The Morgan fingerprint density at radius 1 is 1.04 bits per heavy atom. The van der Waals surface area contributed by atoms with Crippen molar-refractivity contribution in [3.8, 4) is 0 Å². The standard InChI is InChI=1S/C19H25N7/c1-24-9-11-25(12-10-24)19-20-17-16-15(22-23-17)7-8-26(18(16)21-19)13-14-5-3-2-4-6-14/h2-6,15,22H,7-13H2,1H3,(H,20,21,23). The van der Waals surface area contributed by atoms with Crippen LogP contribution in [0.25, 0.3) is 0 Å². The van der Waals surface area contributed by atoms with Crippen LogP contribution < -0.4 is 20.7 Å². The molecule has 0 bridgehead atoms. The molecule has 26 heavy (non-hydrogen) atoms. The van der Waals surface area contributed by atoms with E-state index in [2.05, 4.69) is 62.9 Å². The molecule has 0 radical (unpaired) electrons. The van der Waals surface area contributed by atoms with Gasteiger partial charge in [-0.1, -0.05) is 30.3 Å². The molecule has 1 fully saturated rings. The molecule has 7 nitrogen and oxygen atoms in total. The average Bonchev–Trinajstić information content (AvgIpc) is 3.09. The lowest BCUT2D eigenvalue weighted by molar-refractivity contribution is 0.311. The van der Waals surface area contributed by atoms with Gasteiger partial charge in [0.2, 0.25) is 5.95 Å². The largest absolute Gasteiger partial charge is 0.352 e. The molecule has 1 aromatic heterocycles. The second-order valence-corrected chi connectivity index (χ2v) is 7.42. The number of nitrogens with one attached hydrogen (secondary N) is 2. The summed E-state index contributed by atoms with van der Waals surface area (Å²) in [4.78, 5) is 16.9. The highest BCUT2D eigenvalue weighted by atomic mass is 15.5. The van der Waals surface area contributed by atoms with E-state index in [0.29, 0.717) is 6.04 Å². The third-order valence-corrected chi connectivity index (χ3v) is 5.62. The number of likely N-dealkylation sites (N-methyl/N-ethyl adjacent to an activating group) is 1. The minimum atomic E-state index is 0.313. The maximum absolute atomic E-state index is 5.03. The molecular weight excluding hydrogens is 326 g/mol. The van der Waals surface area contributed by atoms with Gasteiger partial charge in [0, 0.05) is 39.3 Å². The maximum atomic E-state index is 5.03. The zero-order chi connectivity index (χ0) is 17.5. The van der Waals surface area contributed by atoms with Crippen molar-refractivity contribution in [1.29, 1.82) is 0 Å². The van der Waals surface area contributed by atoms with E-state index in [4.69, 9.17) is 9.97 Å². The fraction of sp³-hybridized carbons (Fsp3) is 0.474. The number of benzene rings is 1. The predicted octanol–water partition coefficient (Wildman–Crippen LogP) is 1.61. The van der Waals surface area contributed by atoms with Crippen molar-refractivity contribution in [3.05, 3.63) is 41.5 Å². The van der Waals surface area contributed by atoms with Gasteiger partial charge in [-0.15, -0.1) is 0 Å². The van der Waals surface area contributed by atoms with Crippen LogP contribution in [0.2, 0.25) is 0 Å². The predicted molar refractivity (Wildman–Crippen MR) is 103 cm³/mol. The van der Waals surface area contributed by atoms with Gasteiger partial charge in [0.25, 0.3) is 0 Å². The highest BCUT2D eigenvalue weighted by Gasteiger charge is 2.35. The summed E-state index contributed by atoms with van der Waals surface area (Å²) in [6.45, 7) is 5.95. The van der Waals surface area contributed by atoms with Gasteiger partial charge in [0.05, 0.1) is 11.6 Å². The fourth-order valence-corrected chi connectivity index (χ4v) is 4.04. The average molecular weight is 351 g/mol. The second kappa shape index (κ2) is 6.41. The maximum Gasteiger partial charge on any atom is 0.229 e. The van der Waals surface area contributed by atoms with Crippen LogP contribution in [0.5, 0.6) is 0 Å². The molecule has 1 unspecified atom stereocenters. The van der Waals surface area contributed by atoms with E-state index in [1.54, 1.807) is 0 Å². The Labute approximate surface area is 154 Å². The zero-order valence-corrected chi connectivity index (χ0v) is 15.1. The van der Waals surface area contributed by atoms with E-state index in [-0.39, 0.29) is 0 Å². The summed E-state index contributed by atoms with van der Waals surface area (Å²) in [5.74, 6) is 2.88. The summed E-state index contributed by atoms with van der Waals surface area (Å²) in [6, 6.07) is 11.0. The quantitative estimate of drug-likeness (QED) is 0.871. The number of hydrogen-bond acceptors (Lipinski definition) is 7. The molecular formula is C19H25N7. The fourth-order valence-electron chi connectivity index (χ4n) is 4.04. The summed E-state index contributed by atoms with van der Waals surface area (Å²) in [5, 5.41) is 0. The number of anilines is 3. The highest BCUT2D eigenvalue weighted by molar-refractivity contribution is 5.67. The van der Waals surface area contributed by atoms with Gasteiger partial charge in [-0.25, -0.2) is 5.43 Å². The lowest BCUT2D eigenvalue weighted by Crippen LogP contribution is -2.45. The molecule has 1 atom stereocenters. The minimum Gasteiger partial charge on any atom is -0.352 e. The summed E-state index contributed by atoms with van der Waals surface area (Å²) in [6.07, 6.45) is 1.07. The van der Waals surface area contributed by atoms with E-state index in [9.17, 15) is 0 Å². The van der Waals surface area contributed by atoms with Crippen LogP contribution in [0.3, 0.4) is 0 Å². The third kappa shape index (κ3) is 2.77. The second-order valence-electron chi connectivity index (χ2n) is 7.42. The van der Waals surface area contributed by atoms with Crippen LogP contribution in [-0.4, -0.2) is 54.6 Å². The lowest BCUT2D eigenvalue weighted by Gasteiger charge is -2.35. The van der Waals surface area contributed by atoms with Crippen molar-refractivity contribution in [2.75, 3.05) is 55.0 Å². The van der Waals surface area contributed by atoms with Crippen molar-refractivity contribution >= 4 is 17.6 Å². The van der Waals surface area contributed by atoms with Gasteiger partial charge >= 0.3 is 0 Å². The molecule has 0 saturated carbocycles. The first-order valence-electron chi connectivity index (χ1n) is 9.44. The van der Waals surface area contributed by atoms with Crippen LogP contribution in [-0.2, 0) is 6.54 Å². The smallest absolute Gasteiger partial charge is 0.229 e. The molecule has 136 valence electrons.